The topological polar surface area (TPSA) is 66.0 Å². The lowest BCUT2D eigenvalue weighted by Gasteiger charge is -2.07. The summed E-state index contributed by atoms with van der Waals surface area (Å²) >= 11 is 0. The van der Waals surface area contributed by atoms with Crippen molar-refractivity contribution in [1.82, 2.24) is 19.7 Å². The number of aromatic nitrogens is 4. The molecule has 2 aromatic heterocycles. The number of ether oxygens (including phenoxy) is 1. The summed E-state index contributed by atoms with van der Waals surface area (Å²) in [5.74, 6) is 1.81. The van der Waals surface area contributed by atoms with Crippen molar-refractivity contribution in [2.24, 2.45) is 0 Å². The van der Waals surface area contributed by atoms with Gasteiger partial charge in [-0.3, -0.25) is 0 Å². The fourth-order valence-corrected chi connectivity index (χ4v) is 3.48. The van der Waals surface area contributed by atoms with Gasteiger partial charge in [0.1, 0.15) is 12.4 Å². The highest BCUT2D eigenvalue weighted by Gasteiger charge is 2.13. The molecule has 0 saturated heterocycles. The van der Waals surface area contributed by atoms with E-state index < -0.39 is 0 Å². The molecule has 0 aliphatic rings. The van der Waals surface area contributed by atoms with Crippen LogP contribution in [0.2, 0.25) is 0 Å². The smallest absolute Gasteiger partial charge is 0.258 e. The van der Waals surface area contributed by atoms with Crippen molar-refractivity contribution in [2.75, 3.05) is 0 Å². The van der Waals surface area contributed by atoms with E-state index in [1.54, 1.807) is 0 Å². The Bertz CT molecular complexity index is 1300. The summed E-state index contributed by atoms with van der Waals surface area (Å²) in [5.41, 5.74) is 4.84. The van der Waals surface area contributed by atoms with Crippen molar-refractivity contribution >= 4 is 11.0 Å². The molecule has 0 amide bonds. The molecule has 154 valence electrons. The summed E-state index contributed by atoms with van der Waals surface area (Å²) < 4.78 is 13.5. The van der Waals surface area contributed by atoms with Gasteiger partial charge in [-0.1, -0.05) is 35.5 Å². The molecule has 0 bridgehead atoms. The number of nitrogens with zero attached hydrogens (tertiary/aromatic N) is 4. The van der Waals surface area contributed by atoms with Gasteiger partial charge in [0, 0.05) is 17.2 Å². The summed E-state index contributed by atoms with van der Waals surface area (Å²) in [6, 6.07) is 24.1. The van der Waals surface area contributed by atoms with E-state index in [0.717, 1.165) is 33.5 Å². The Labute approximate surface area is 180 Å². The molecule has 0 unspecified atom stereocenters. The summed E-state index contributed by atoms with van der Waals surface area (Å²) in [5, 5.41) is 4.15. The Kier molecular flexibility index (Phi) is 4.96. The maximum absolute atomic E-state index is 5.84. The maximum Gasteiger partial charge on any atom is 0.258 e. The zero-order valence-electron chi connectivity index (χ0n) is 17.4. The number of rotatable bonds is 6. The van der Waals surface area contributed by atoms with E-state index in [4.69, 9.17) is 9.26 Å². The zero-order valence-corrected chi connectivity index (χ0v) is 17.4. The average Bonchev–Trinajstić information content (AvgIpc) is 3.46. The van der Waals surface area contributed by atoms with Crippen molar-refractivity contribution in [3.63, 3.8) is 0 Å². The van der Waals surface area contributed by atoms with Crippen LogP contribution in [0.1, 0.15) is 25.5 Å². The first kappa shape index (κ1) is 19.1. The molecule has 0 aliphatic carbocycles. The van der Waals surface area contributed by atoms with Crippen molar-refractivity contribution in [2.45, 2.75) is 26.5 Å². The molecular weight excluding hydrogens is 388 g/mol. The van der Waals surface area contributed by atoms with Gasteiger partial charge in [0.25, 0.3) is 5.89 Å². The molecule has 0 saturated carbocycles. The van der Waals surface area contributed by atoms with Gasteiger partial charge < -0.3 is 13.8 Å². The van der Waals surface area contributed by atoms with Gasteiger partial charge in [-0.25, -0.2) is 4.98 Å². The van der Waals surface area contributed by atoms with Crippen LogP contribution in [0, 0.1) is 0 Å². The van der Waals surface area contributed by atoms with Gasteiger partial charge in [0.15, 0.2) is 0 Å². The minimum atomic E-state index is 0.352. The maximum atomic E-state index is 5.84. The molecule has 31 heavy (non-hydrogen) atoms. The molecule has 0 atom stereocenters. The number of benzene rings is 3. The van der Waals surface area contributed by atoms with Crippen molar-refractivity contribution in [1.29, 1.82) is 0 Å². The normalized spacial score (nSPS) is 11.3. The molecular formula is C25H22N4O2. The predicted octanol–water partition coefficient (Wildman–Crippen LogP) is 5.91. The molecule has 5 rings (SSSR count). The standard InChI is InChI=1S/C25H22N4O2/c1-17(2)29-16-26-22-14-20(10-13-23(22)29)25-27-24(28-31-25)19-8-11-21(12-9-19)30-15-18-6-4-3-5-7-18/h3-14,16-17H,15H2,1-2H3. The summed E-state index contributed by atoms with van der Waals surface area (Å²) in [6.45, 7) is 4.80. The number of fused-ring (bicyclic) bond motifs is 1. The lowest BCUT2D eigenvalue weighted by atomic mass is 10.2. The van der Waals surface area contributed by atoms with Crippen LogP contribution < -0.4 is 4.74 Å². The van der Waals surface area contributed by atoms with Crippen LogP contribution in [-0.4, -0.2) is 19.7 Å². The Morgan fingerprint density at radius 3 is 2.48 bits per heavy atom. The van der Waals surface area contributed by atoms with Crippen LogP contribution in [0.25, 0.3) is 33.9 Å². The summed E-state index contributed by atoms with van der Waals surface area (Å²) in [7, 11) is 0. The minimum absolute atomic E-state index is 0.352. The summed E-state index contributed by atoms with van der Waals surface area (Å²) in [6.07, 6.45) is 1.86. The molecule has 0 aliphatic heterocycles. The third kappa shape index (κ3) is 3.92. The van der Waals surface area contributed by atoms with Gasteiger partial charge in [-0.2, -0.15) is 4.98 Å². The third-order valence-electron chi connectivity index (χ3n) is 5.16. The van der Waals surface area contributed by atoms with Crippen LogP contribution in [0.15, 0.2) is 83.6 Å². The number of hydrogen-bond acceptors (Lipinski definition) is 5. The Morgan fingerprint density at radius 1 is 0.935 bits per heavy atom. The van der Waals surface area contributed by atoms with Crippen LogP contribution in [0.5, 0.6) is 5.75 Å². The third-order valence-corrected chi connectivity index (χ3v) is 5.16. The van der Waals surface area contributed by atoms with Crippen LogP contribution in [-0.2, 0) is 6.61 Å². The van der Waals surface area contributed by atoms with Gasteiger partial charge in [0.05, 0.1) is 17.4 Å². The highest BCUT2D eigenvalue weighted by atomic mass is 16.5. The second-order valence-corrected chi connectivity index (χ2v) is 7.67. The van der Waals surface area contributed by atoms with Gasteiger partial charge in [-0.05, 0) is 61.9 Å². The largest absolute Gasteiger partial charge is 0.489 e. The minimum Gasteiger partial charge on any atom is -0.489 e. The van der Waals surface area contributed by atoms with Gasteiger partial charge in [0.2, 0.25) is 5.82 Å². The van der Waals surface area contributed by atoms with E-state index in [-0.39, 0.29) is 0 Å². The van der Waals surface area contributed by atoms with Crippen LogP contribution in [0.4, 0.5) is 0 Å². The van der Waals surface area contributed by atoms with E-state index in [2.05, 4.69) is 33.5 Å². The first-order valence-corrected chi connectivity index (χ1v) is 10.3. The van der Waals surface area contributed by atoms with Crippen molar-refractivity contribution in [3.05, 3.63) is 84.7 Å². The molecule has 2 heterocycles. The van der Waals surface area contributed by atoms with Crippen LogP contribution >= 0.6 is 0 Å². The molecule has 0 fully saturated rings. The molecule has 3 aromatic carbocycles. The Morgan fingerprint density at radius 2 is 1.71 bits per heavy atom. The quantitative estimate of drug-likeness (QED) is 0.348. The zero-order chi connectivity index (χ0) is 21.2. The molecule has 0 radical (unpaired) electrons. The van der Waals surface area contributed by atoms with E-state index >= 15 is 0 Å². The molecule has 6 nitrogen and oxygen atoms in total. The Hall–Kier alpha value is -3.93. The monoisotopic (exact) mass is 410 g/mol. The molecule has 0 N–H and O–H groups in total. The molecule has 0 spiro atoms. The average molecular weight is 410 g/mol. The number of hydrogen-bond donors (Lipinski definition) is 0. The summed E-state index contributed by atoms with van der Waals surface area (Å²) in [4.78, 5) is 9.07. The van der Waals surface area contributed by atoms with Crippen molar-refractivity contribution < 1.29 is 9.26 Å². The highest BCUT2D eigenvalue weighted by Crippen LogP contribution is 2.27. The molecule has 5 aromatic rings. The fraction of sp³-hybridized carbons (Fsp3) is 0.160. The lowest BCUT2D eigenvalue weighted by Crippen LogP contribution is -1.97. The van der Waals surface area contributed by atoms with E-state index in [1.165, 1.54) is 0 Å². The lowest BCUT2D eigenvalue weighted by molar-refractivity contribution is 0.306. The van der Waals surface area contributed by atoms with E-state index in [0.29, 0.717) is 24.4 Å². The highest BCUT2D eigenvalue weighted by molar-refractivity contribution is 5.80. The first-order valence-electron chi connectivity index (χ1n) is 10.3. The molecule has 6 heteroatoms. The van der Waals surface area contributed by atoms with E-state index in [9.17, 15) is 0 Å². The SMILES string of the molecule is CC(C)n1cnc2cc(-c3nc(-c4ccc(OCc5ccccc5)cc4)no3)ccc21. The second-order valence-electron chi connectivity index (χ2n) is 7.67. The van der Waals surface area contributed by atoms with E-state index in [1.807, 2.05) is 79.1 Å². The first-order chi connectivity index (χ1) is 15.2. The fourth-order valence-electron chi connectivity index (χ4n) is 3.48. The van der Waals surface area contributed by atoms with Crippen LogP contribution in [0.3, 0.4) is 0 Å². The predicted molar refractivity (Wildman–Crippen MR) is 120 cm³/mol. The van der Waals surface area contributed by atoms with Gasteiger partial charge >= 0.3 is 0 Å². The van der Waals surface area contributed by atoms with Crippen molar-refractivity contribution in [3.8, 4) is 28.6 Å². The number of imidazole rings is 1. The van der Waals surface area contributed by atoms with Gasteiger partial charge in [-0.15, -0.1) is 0 Å². The second kappa shape index (κ2) is 8.07. The Balaban J connectivity index is 1.32.